The van der Waals surface area contributed by atoms with E-state index in [1.165, 1.54) is 20.9 Å². The molecule has 2 rings (SSSR count). The van der Waals surface area contributed by atoms with Crippen LogP contribution in [0, 0.1) is 4.64 Å². The van der Waals surface area contributed by atoms with E-state index < -0.39 is 0 Å². The lowest BCUT2D eigenvalue weighted by Gasteiger charge is -2.07. The molecule has 1 aromatic heterocycles. The average Bonchev–Trinajstić information content (AvgIpc) is 2.85. The van der Waals surface area contributed by atoms with Crippen LogP contribution in [-0.4, -0.2) is 32.5 Å². The van der Waals surface area contributed by atoms with Crippen molar-refractivity contribution in [1.82, 2.24) is 9.13 Å². The number of nitrogens with zero attached hydrogens (tertiary/aromatic N) is 3. The Morgan fingerprint density at radius 2 is 2.15 bits per heavy atom. The molecule has 0 atom stereocenters. The molecule has 6 nitrogen and oxygen atoms in total. The normalized spacial score (nSPS) is 13.1. The molecule has 0 unspecified atom stereocenters. The van der Waals surface area contributed by atoms with Crippen molar-refractivity contribution in [3.63, 3.8) is 0 Å². The standard InChI is InChI=1S/C12H15N3O3S2/c1-4-18-9(16)6-20-8-5-7-10(13-8)14(2)12(17)15(3)11(7)19/h4-6H2,1-3H3. The van der Waals surface area contributed by atoms with Gasteiger partial charge in [-0.25, -0.2) is 9.79 Å². The van der Waals surface area contributed by atoms with Gasteiger partial charge >= 0.3 is 11.7 Å². The van der Waals surface area contributed by atoms with Crippen molar-refractivity contribution in [3.05, 3.63) is 20.7 Å². The topological polar surface area (TPSA) is 65.6 Å². The minimum Gasteiger partial charge on any atom is -0.465 e. The smallest absolute Gasteiger partial charge is 0.330 e. The summed E-state index contributed by atoms with van der Waals surface area (Å²) in [5.74, 6) is 0.534. The molecule has 0 saturated carbocycles. The zero-order valence-corrected chi connectivity index (χ0v) is 13.1. The van der Waals surface area contributed by atoms with Crippen LogP contribution in [0.2, 0.25) is 0 Å². The highest BCUT2D eigenvalue weighted by Crippen LogP contribution is 2.29. The van der Waals surface area contributed by atoms with E-state index in [0.717, 1.165) is 10.6 Å². The van der Waals surface area contributed by atoms with Gasteiger partial charge in [-0.3, -0.25) is 13.9 Å². The van der Waals surface area contributed by atoms with Crippen molar-refractivity contribution >= 4 is 40.8 Å². The van der Waals surface area contributed by atoms with Crippen LogP contribution in [0.3, 0.4) is 0 Å². The van der Waals surface area contributed by atoms with Crippen LogP contribution in [0.1, 0.15) is 12.5 Å². The Morgan fingerprint density at radius 3 is 2.80 bits per heavy atom. The van der Waals surface area contributed by atoms with Crippen LogP contribution < -0.4 is 5.69 Å². The summed E-state index contributed by atoms with van der Waals surface area (Å²) < 4.78 is 8.28. The van der Waals surface area contributed by atoms with Crippen LogP contribution in [0.25, 0.3) is 0 Å². The van der Waals surface area contributed by atoms with Gasteiger partial charge in [-0.1, -0.05) is 24.0 Å². The van der Waals surface area contributed by atoms with Crippen molar-refractivity contribution in [2.45, 2.75) is 13.3 Å². The van der Waals surface area contributed by atoms with Crippen LogP contribution in [0.15, 0.2) is 9.79 Å². The highest BCUT2D eigenvalue weighted by molar-refractivity contribution is 8.14. The summed E-state index contributed by atoms with van der Waals surface area (Å²) in [7, 11) is 3.31. The van der Waals surface area contributed by atoms with Crippen LogP contribution >= 0.6 is 24.0 Å². The number of aliphatic imine (C=N–C) groups is 1. The highest BCUT2D eigenvalue weighted by atomic mass is 32.2. The van der Waals surface area contributed by atoms with E-state index in [2.05, 4.69) is 4.99 Å². The molecule has 0 N–H and O–H groups in total. The van der Waals surface area contributed by atoms with Gasteiger partial charge in [-0.2, -0.15) is 0 Å². The Kier molecular flexibility index (Phi) is 4.44. The molecule has 0 aromatic carbocycles. The zero-order valence-electron chi connectivity index (χ0n) is 11.5. The first kappa shape index (κ1) is 15.0. The molecule has 0 bridgehead atoms. The first-order valence-electron chi connectivity index (χ1n) is 6.10. The Balaban J connectivity index is 2.22. The lowest BCUT2D eigenvalue weighted by atomic mass is 10.2. The summed E-state index contributed by atoms with van der Waals surface area (Å²) >= 11 is 6.60. The second-order valence-corrected chi connectivity index (χ2v) is 5.72. The molecule has 1 aromatic rings. The fraction of sp³-hybridized carbons (Fsp3) is 0.500. The zero-order chi connectivity index (χ0) is 14.9. The first-order valence-corrected chi connectivity index (χ1v) is 7.50. The Morgan fingerprint density at radius 1 is 1.45 bits per heavy atom. The molecule has 1 aliphatic heterocycles. The summed E-state index contributed by atoms with van der Waals surface area (Å²) in [5, 5.41) is 0.778. The fourth-order valence-electron chi connectivity index (χ4n) is 1.94. The predicted molar refractivity (Wildman–Crippen MR) is 81.4 cm³/mol. The van der Waals surface area contributed by atoms with E-state index in [4.69, 9.17) is 17.0 Å². The maximum Gasteiger partial charge on any atom is 0.330 e. The number of aromatic nitrogens is 2. The van der Waals surface area contributed by atoms with Crippen molar-refractivity contribution in [3.8, 4) is 0 Å². The molecule has 0 saturated heterocycles. The van der Waals surface area contributed by atoms with Gasteiger partial charge in [-0.15, -0.1) is 0 Å². The monoisotopic (exact) mass is 313 g/mol. The highest BCUT2D eigenvalue weighted by Gasteiger charge is 2.22. The number of thioether (sulfide) groups is 1. The number of hydrogen-bond acceptors (Lipinski definition) is 6. The maximum absolute atomic E-state index is 11.9. The molecular formula is C12H15N3O3S2. The molecule has 2 heterocycles. The Hall–Kier alpha value is -1.41. The van der Waals surface area contributed by atoms with Crippen molar-refractivity contribution in [1.29, 1.82) is 0 Å². The van der Waals surface area contributed by atoms with E-state index in [-0.39, 0.29) is 17.4 Å². The SMILES string of the molecule is CCOC(=O)CSC1=Nc2c(c(=S)n(C)c(=O)n2C)C1. The van der Waals surface area contributed by atoms with Crippen LogP contribution in [-0.2, 0) is 30.0 Å². The third-order valence-electron chi connectivity index (χ3n) is 2.94. The largest absolute Gasteiger partial charge is 0.465 e. The predicted octanol–water partition coefficient (Wildman–Crippen LogP) is 1.34. The van der Waals surface area contributed by atoms with E-state index >= 15 is 0 Å². The third kappa shape index (κ3) is 2.71. The summed E-state index contributed by atoms with van der Waals surface area (Å²) in [6.45, 7) is 2.14. The van der Waals surface area contributed by atoms with Crippen LogP contribution in [0.5, 0.6) is 0 Å². The molecule has 108 valence electrons. The minimum absolute atomic E-state index is 0.200. The van der Waals surface area contributed by atoms with E-state index in [1.807, 2.05) is 0 Å². The van der Waals surface area contributed by atoms with Crippen LogP contribution in [0.4, 0.5) is 5.82 Å². The van der Waals surface area contributed by atoms with Crippen molar-refractivity contribution in [2.75, 3.05) is 12.4 Å². The van der Waals surface area contributed by atoms with Gasteiger partial charge in [0.15, 0.2) is 0 Å². The number of hydrogen-bond donors (Lipinski definition) is 0. The maximum atomic E-state index is 11.9. The van der Waals surface area contributed by atoms with Gasteiger partial charge in [0.05, 0.1) is 17.4 Å². The van der Waals surface area contributed by atoms with E-state index in [1.54, 1.807) is 21.0 Å². The van der Waals surface area contributed by atoms with Gasteiger partial charge in [0.2, 0.25) is 0 Å². The van der Waals surface area contributed by atoms with Gasteiger partial charge in [0.1, 0.15) is 10.5 Å². The number of rotatable bonds is 3. The number of ether oxygens (including phenoxy) is 1. The van der Waals surface area contributed by atoms with Gasteiger partial charge in [0.25, 0.3) is 0 Å². The quantitative estimate of drug-likeness (QED) is 0.622. The fourth-order valence-corrected chi connectivity index (χ4v) is 2.94. The molecule has 8 heteroatoms. The third-order valence-corrected chi connectivity index (χ3v) is 4.41. The number of esters is 1. The molecule has 20 heavy (non-hydrogen) atoms. The Labute approximate surface area is 125 Å². The summed E-state index contributed by atoms with van der Waals surface area (Å²) in [5.41, 5.74) is 0.658. The molecular weight excluding hydrogens is 298 g/mol. The first-order chi connectivity index (χ1) is 9.45. The molecule has 0 amide bonds. The summed E-state index contributed by atoms with van der Waals surface area (Å²) in [6, 6.07) is 0. The van der Waals surface area contributed by atoms with Crippen molar-refractivity contribution in [2.24, 2.45) is 19.1 Å². The minimum atomic E-state index is -0.269. The van der Waals surface area contributed by atoms with Gasteiger partial charge < -0.3 is 4.74 Å². The van der Waals surface area contributed by atoms with Crippen molar-refractivity contribution < 1.29 is 9.53 Å². The van der Waals surface area contributed by atoms with Gasteiger partial charge in [-0.05, 0) is 6.92 Å². The van der Waals surface area contributed by atoms with E-state index in [0.29, 0.717) is 23.5 Å². The molecule has 1 aliphatic rings. The second kappa shape index (κ2) is 5.92. The number of carbonyl (C=O) groups excluding carboxylic acids is 1. The summed E-state index contributed by atoms with van der Waals surface area (Å²) in [6.07, 6.45) is 0.556. The lowest BCUT2D eigenvalue weighted by molar-refractivity contribution is -0.139. The average molecular weight is 313 g/mol. The Bertz CT molecular complexity index is 703. The lowest BCUT2D eigenvalue weighted by Crippen LogP contribution is -2.28. The molecule has 0 aliphatic carbocycles. The molecule has 0 spiro atoms. The second-order valence-electron chi connectivity index (χ2n) is 4.28. The van der Waals surface area contributed by atoms with E-state index in [9.17, 15) is 9.59 Å². The van der Waals surface area contributed by atoms with Gasteiger partial charge in [0, 0.05) is 26.1 Å². The molecule has 0 radical (unpaired) electrons. The molecule has 0 fully saturated rings. The summed E-state index contributed by atoms with van der Waals surface area (Å²) in [4.78, 5) is 27.7. The number of fused-ring (bicyclic) bond motifs is 1. The number of carbonyl (C=O) groups is 1.